The van der Waals surface area contributed by atoms with E-state index in [9.17, 15) is 4.79 Å². The lowest BCUT2D eigenvalue weighted by atomic mass is 10.2. The molecule has 2 aromatic heterocycles. The summed E-state index contributed by atoms with van der Waals surface area (Å²) < 4.78 is 21.0. The first-order valence-corrected chi connectivity index (χ1v) is 8.49. The van der Waals surface area contributed by atoms with Crippen LogP contribution in [0.4, 0.5) is 5.82 Å². The summed E-state index contributed by atoms with van der Waals surface area (Å²) >= 11 is 1.11. The molecule has 136 valence electrons. The van der Waals surface area contributed by atoms with Gasteiger partial charge in [-0.1, -0.05) is 16.9 Å². The highest BCUT2D eigenvalue weighted by molar-refractivity contribution is 7.99. The number of nitrogens with one attached hydrogen (secondary N) is 1. The fourth-order valence-electron chi connectivity index (χ4n) is 2.09. The topological polar surface area (TPSA) is 113 Å². The van der Waals surface area contributed by atoms with Crippen molar-refractivity contribution in [3.05, 3.63) is 30.0 Å². The van der Waals surface area contributed by atoms with Crippen molar-refractivity contribution in [1.29, 1.82) is 0 Å². The van der Waals surface area contributed by atoms with Gasteiger partial charge >= 0.3 is 0 Å². The maximum Gasteiger partial charge on any atom is 0.277 e. The largest absolute Gasteiger partial charge is 0.497 e. The molecule has 0 saturated carbocycles. The molecular formula is C16H16N4O5S. The number of aryl methyl sites for hydroxylation is 1. The van der Waals surface area contributed by atoms with Gasteiger partial charge in [-0.25, -0.2) is 0 Å². The minimum Gasteiger partial charge on any atom is -0.497 e. The van der Waals surface area contributed by atoms with Crippen molar-refractivity contribution in [1.82, 2.24) is 15.4 Å². The molecule has 0 unspecified atom stereocenters. The van der Waals surface area contributed by atoms with E-state index < -0.39 is 0 Å². The number of thioether (sulfide) groups is 1. The number of methoxy groups -OCH3 is 2. The van der Waals surface area contributed by atoms with E-state index in [-0.39, 0.29) is 22.8 Å². The molecule has 0 spiro atoms. The van der Waals surface area contributed by atoms with E-state index >= 15 is 0 Å². The van der Waals surface area contributed by atoms with Crippen LogP contribution in [0.15, 0.2) is 38.4 Å². The highest BCUT2D eigenvalue weighted by Crippen LogP contribution is 2.33. The summed E-state index contributed by atoms with van der Waals surface area (Å²) in [5, 5.41) is 14.5. The second-order valence-corrected chi connectivity index (χ2v) is 6.03. The van der Waals surface area contributed by atoms with E-state index in [1.165, 1.54) is 0 Å². The molecule has 26 heavy (non-hydrogen) atoms. The molecule has 0 aliphatic heterocycles. The Morgan fingerprint density at radius 1 is 1.23 bits per heavy atom. The SMILES string of the molecule is COc1ccc(OC)c(-c2nnc(SCC(=O)Nc3cc(C)on3)o2)c1. The Balaban J connectivity index is 1.65. The number of anilines is 1. The first-order chi connectivity index (χ1) is 12.6. The lowest BCUT2D eigenvalue weighted by molar-refractivity contribution is -0.113. The maximum absolute atomic E-state index is 11.9. The lowest BCUT2D eigenvalue weighted by Gasteiger charge is -2.07. The molecule has 1 amide bonds. The number of ether oxygens (including phenoxy) is 2. The molecule has 0 bridgehead atoms. The summed E-state index contributed by atoms with van der Waals surface area (Å²) in [4.78, 5) is 11.9. The number of benzene rings is 1. The van der Waals surface area contributed by atoms with Gasteiger partial charge in [0, 0.05) is 6.07 Å². The van der Waals surface area contributed by atoms with Crippen molar-refractivity contribution in [3.63, 3.8) is 0 Å². The van der Waals surface area contributed by atoms with Gasteiger partial charge in [0.1, 0.15) is 17.3 Å². The second-order valence-electron chi connectivity index (χ2n) is 5.10. The quantitative estimate of drug-likeness (QED) is 0.622. The van der Waals surface area contributed by atoms with Gasteiger partial charge in [0.2, 0.25) is 5.91 Å². The summed E-state index contributed by atoms with van der Waals surface area (Å²) in [5.41, 5.74) is 0.605. The van der Waals surface area contributed by atoms with Crippen LogP contribution in [0.2, 0.25) is 0 Å². The van der Waals surface area contributed by atoms with Crippen molar-refractivity contribution in [2.75, 3.05) is 25.3 Å². The average molecular weight is 376 g/mol. The van der Waals surface area contributed by atoms with Gasteiger partial charge in [-0.05, 0) is 25.1 Å². The monoisotopic (exact) mass is 376 g/mol. The van der Waals surface area contributed by atoms with Crippen LogP contribution in [0.25, 0.3) is 11.5 Å². The van der Waals surface area contributed by atoms with Crippen LogP contribution >= 0.6 is 11.8 Å². The van der Waals surface area contributed by atoms with E-state index in [4.69, 9.17) is 18.4 Å². The molecule has 0 aliphatic rings. The van der Waals surface area contributed by atoms with Crippen molar-refractivity contribution in [2.24, 2.45) is 0 Å². The van der Waals surface area contributed by atoms with E-state index in [2.05, 4.69) is 20.7 Å². The van der Waals surface area contributed by atoms with E-state index in [1.54, 1.807) is 45.4 Å². The van der Waals surface area contributed by atoms with Crippen LogP contribution in [0, 0.1) is 6.92 Å². The van der Waals surface area contributed by atoms with Crippen LogP contribution in [0.3, 0.4) is 0 Å². The third-order valence-electron chi connectivity index (χ3n) is 3.27. The zero-order valence-electron chi connectivity index (χ0n) is 14.3. The fourth-order valence-corrected chi connectivity index (χ4v) is 2.65. The standard InChI is InChI=1S/C16H16N4O5S/c1-9-6-13(20-25-9)17-14(21)8-26-16-19-18-15(24-16)11-7-10(22-2)4-5-12(11)23-3/h4-7H,8H2,1-3H3,(H,17,20,21). The predicted octanol–water partition coefficient (Wildman–Crippen LogP) is 2.78. The number of amides is 1. The molecule has 10 heteroatoms. The number of carbonyl (C=O) groups is 1. The van der Waals surface area contributed by atoms with Gasteiger partial charge < -0.3 is 23.7 Å². The van der Waals surface area contributed by atoms with Crippen molar-refractivity contribution < 1.29 is 23.2 Å². The number of rotatable bonds is 7. The third-order valence-corrected chi connectivity index (χ3v) is 4.08. The van der Waals surface area contributed by atoms with E-state index in [0.717, 1.165) is 11.8 Å². The Bertz CT molecular complexity index is 908. The van der Waals surface area contributed by atoms with Crippen LogP contribution in [-0.2, 0) is 4.79 Å². The summed E-state index contributed by atoms with van der Waals surface area (Å²) in [7, 11) is 3.11. The van der Waals surface area contributed by atoms with E-state index in [1.807, 2.05) is 0 Å². The molecule has 0 aliphatic carbocycles. The Morgan fingerprint density at radius 2 is 2.08 bits per heavy atom. The normalized spacial score (nSPS) is 10.6. The van der Waals surface area contributed by atoms with Gasteiger partial charge in [-0.15, -0.1) is 10.2 Å². The second kappa shape index (κ2) is 7.91. The highest BCUT2D eigenvalue weighted by Gasteiger charge is 2.16. The van der Waals surface area contributed by atoms with Crippen molar-refractivity contribution in [3.8, 4) is 23.0 Å². The maximum atomic E-state index is 11.9. The van der Waals surface area contributed by atoms with Crippen LogP contribution in [0.5, 0.6) is 11.5 Å². The molecule has 1 N–H and O–H groups in total. The Morgan fingerprint density at radius 3 is 2.77 bits per heavy atom. The van der Waals surface area contributed by atoms with Gasteiger partial charge in [-0.2, -0.15) is 0 Å². The highest BCUT2D eigenvalue weighted by atomic mass is 32.2. The Kier molecular flexibility index (Phi) is 5.42. The molecule has 0 saturated heterocycles. The van der Waals surface area contributed by atoms with Crippen molar-refractivity contribution >= 4 is 23.5 Å². The molecule has 0 atom stereocenters. The van der Waals surface area contributed by atoms with Crippen LogP contribution in [0.1, 0.15) is 5.76 Å². The van der Waals surface area contributed by atoms with Gasteiger partial charge in [0.25, 0.3) is 11.1 Å². The van der Waals surface area contributed by atoms with Crippen molar-refractivity contribution in [2.45, 2.75) is 12.1 Å². The third kappa shape index (κ3) is 4.14. The first kappa shape index (κ1) is 17.8. The number of nitrogens with zero attached hydrogens (tertiary/aromatic N) is 3. The number of carbonyl (C=O) groups excluding carboxylic acids is 1. The molecular weight excluding hydrogens is 360 g/mol. The van der Waals surface area contributed by atoms with Crippen LogP contribution < -0.4 is 14.8 Å². The smallest absolute Gasteiger partial charge is 0.277 e. The summed E-state index contributed by atoms with van der Waals surface area (Å²) in [5.74, 6) is 2.28. The Hall–Kier alpha value is -3.01. The predicted molar refractivity (Wildman–Crippen MR) is 93.4 cm³/mol. The fraction of sp³-hybridized carbons (Fsp3) is 0.250. The minimum atomic E-state index is -0.262. The summed E-state index contributed by atoms with van der Waals surface area (Å²) in [6.45, 7) is 1.74. The van der Waals surface area contributed by atoms with Gasteiger partial charge in [0.05, 0.1) is 25.5 Å². The molecule has 1 aromatic carbocycles. The zero-order chi connectivity index (χ0) is 18.5. The summed E-state index contributed by atoms with van der Waals surface area (Å²) in [6.07, 6.45) is 0. The number of hydrogen-bond acceptors (Lipinski definition) is 9. The minimum absolute atomic E-state index is 0.0861. The van der Waals surface area contributed by atoms with Gasteiger partial charge in [0.15, 0.2) is 5.82 Å². The molecule has 0 fully saturated rings. The summed E-state index contributed by atoms with van der Waals surface area (Å²) in [6, 6.07) is 6.88. The first-order valence-electron chi connectivity index (χ1n) is 7.51. The molecule has 3 rings (SSSR count). The molecule has 3 aromatic rings. The number of aromatic nitrogens is 3. The Labute approximate surface area is 153 Å². The zero-order valence-corrected chi connectivity index (χ0v) is 15.1. The lowest BCUT2D eigenvalue weighted by Crippen LogP contribution is -2.14. The van der Waals surface area contributed by atoms with Crippen LogP contribution in [-0.4, -0.2) is 41.2 Å². The molecule has 9 nitrogen and oxygen atoms in total. The van der Waals surface area contributed by atoms with Gasteiger partial charge in [-0.3, -0.25) is 4.79 Å². The van der Waals surface area contributed by atoms with E-state index in [0.29, 0.717) is 28.6 Å². The average Bonchev–Trinajstić information content (AvgIpc) is 3.28. The molecule has 2 heterocycles. The molecule has 0 radical (unpaired) electrons. The number of hydrogen-bond donors (Lipinski definition) is 1.